The number of anilines is 1. The van der Waals surface area contributed by atoms with Gasteiger partial charge in [0.25, 0.3) is 0 Å². The molecule has 0 amide bonds. The molecule has 0 bridgehead atoms. The second-order valence-electron chi connectivity index (χ2n) is 12.7. The van der Waals surface area contributed by atoms with Crippen LogP contribution in [0.2, 0.25) is 0 Å². The normalized spacial score (nSPS) is 12.8. The zero-order valence-electron chi connectivity index (χ0n) is 30.5. The van der Waals surface area contributed by atoms with Crippen molar-refractivity contribution in [1.29, 1.82) is 0 Å². The first-order chi connectivity index (χ1) is 24.9. The van der Waals surface area contributed by atoms with Crippen molar-refractivity contribution in [3.63, 3.8) is 0 Å². The highest BCUT2D eigenvalue weighted by Gasteiger charge is 2.36. The summed E-state index contributed by atoms with van der Waals surface area (Å²) >= 11 is 1.32. The summed E-state index contributed by atoms with van der Waals surface area (Å²) in [7, 11) is -0.751. The number of carbonyl (C=O) groups excluding carboxylic acids is 2. The Kier molecular flexibility index (Phi) is 15.2. The molecule has 4 aromatic rings. The number of carbonyl (C=O) groups is 2. The van der Waals surface area contributed by atoms with Crippen LogP contribution in [0.3, 0.4) is 0 Å². The van der Waals surface area contributed by atoms with Crippen molar-refractivity contribution in [2.24, 2.45) is 0 Å². The lowest BCUT2D eigenvalue weighted by atomic mass is 10.1. The number of nitrogens with one attached hydrogen (secondary N) is 2. The molecule has 52 heavy (non-hydrogen) atoms. The Hall–Kier alpha value is -4.26. The molecule has 12 nitrogen and oxygen atoms in total. The molecule has 0 aliphatic heterocycles. The second kappa shape index (κ2) is 19.5. The van der Waals surface area contributed by atoms with Crippen LogP contribution in [0.25, 0.3) is 10.4 Å². The van der Waals surface area contributed by atoms with Gasteiger partial charge in [0.05, 0.1) is 43.6 Å². The smallest absolute Gasteiger partial charge is 0.324 e. The second-order valence-corrected chi connectivity index (χ2v) is 16.0. The maximum absolute atomic E-state index is 15.0. The Morgan fingerprint density at radius 3 is 1.71 bits per heavy atom. The third-order valence-electron chi connectivity index (χ3n) is 7.65. The van der Waals surface area contributed by atoms with Crippen LogP contribution >= 0.6 is 18.8 Å². The summed E-state index contributed by atoms with van der Waals surface area (Å²) in [6, 6.07) is 22.1. The molecule has 14 heteroatoms. The van der Waals surface area contributed by atoms with Crippen LogP contribution in [0.15, 0.2) is 78.9 Å². The molecule has 0 aliphatic rings. The van der Waals surface area contributed by atoms with Crippen molar-refractivity contribution in [3.05, 3.63) is 95.7 Å². The van der Waals surface area contributed by atoms with Gasteiger partial charge in [0.1, 0.15) is 29.9 Å². The SMILES string of the molecule is COc1cc(OC)cc(-c2sc(N)nc2CCOCP(=O)(N[C@@H](Cc2ccccc2)C(=O)OC(C)C)N[C@@H](Cc2ccccc2)C(=O)OC(C)C)c1. The van der Waals surface area contributed by atoms with Gasteiger partial charge >= 0.3 is 11.9 Å². The summed E-state index contributed by atoms with van der Waals surface area (Å²) in [5, 5.41) is 6.47. The van der Waals surface area contributed by atoms with E-state index in [4.69, 9.17) is 29.4 Å². The van der Waals surface area contributed by atoms with E-state index in [0.717, 1.165) is 21.6 Å². The number of nitrogens with two attached hydrogens (primary N) is 1. The zero-order valence-corrected chi connectivity index (χ0v) is 32.2. The molecule has 0 saturated heterocycles. The van der Waals surface area contributed by atoms with Crippen LogP contribution in [0.1, 0.15) is 44.5 Å². The molecule has 0 aliphatic carbocycles. The van der Waals surface area contributed by atoms with Crippen molar-refractivity contribution in [3.8, 4) is 21.9 Å². The fraction of sp³-hybridized carbons (Fsp3) is 0.395. The number of thiazole rings is 1. The molecule has 4 rings (SSSR count). The number of benzene rings is 3. The minimum absolute atomic E-state index is 0.101. The monoisotopic (exact) mass is 752 g/mol. The quantitative estimate of drug-likeness (QED) is 0.0517. The van der Waals surface area contributed by atoms with Gasteiger partial charge in [0.15, 0.2) is 5.13 Å². The Balaban J connectivity index is 1.62. The van der Waals surface area contributed by atoms with Gasteiger partial charge in [-0.15, -0.1) is 0 Å². The number of esters is 2. The molecule has 0 saturated carbocycles. The minimum Gasteiger partial charge on any atom is -0.497 e. The topological polar surface area (TPSA) is 160 Å². The number of ether oxygens (including phenoxy) is 5. The van der Waals surface area contributed by atoms with Gasteiger partial charge in [0, 0.05) is 18.1 Å². The van der Waals surface area contributed by atoms with Crippen LogP contribution in [-0.4, -0.2) is 68.4 Å². The molecule has 3 aromatic carbocycles. The molecule has 1 aromatic heterocycles. The average Bonchev–Trinajstić information content (AvgIpc) is 3.49. The summed E-state index contributed by atoms with van der Waals surface area (Å²) in [6.45, 7) is 7.09. The first kappa shape index (κ1) is 40.5. The Bertz CT molecular complexity index is 1690. The largest absolute Gasteiger partial charge is 0.497 e. The van der Waals surface area contributed by atoms with Gasteiger partial charge < -0.3 is 29.4 Å². The summed E-state index contributed by atoms with van der Waals surface area (Å²) in [4.78, 5) is 32.3. The van der Waals surface area contributed by atoms with Gasteiger partial charge in [-0.25, -0.2) is 15.2 Å². The van der Waals surface area contributed by atoms with Crippen LogP contribution < -0.4 is 25.4 Å². The molecule has 1 heterocycles. The number of nitrogen functional groups attached to an aromatic ring is 1. The van der Waals surface area contributed by atoms with Crippen LogP contribution in [0, 0.1) is 0 Å². The molecule has 0 fully saturated rings. The van der Waals surface area contributed by atoms with Crippen molar-refractivity contribution < 1.29 is 37.8 Å². The van der Waals surface area contributed by atoms with Crippen LogP contribution in [-0.2, 0) is 47.6 Å². The zero-order chi connectivity index (χ0) is 37.7. The highest BCUT2D eigenvalue weighted by Crippen LogP contribution is 2.40. The van der Waals surface area contributed by atoms with Crippen LogP contribution in [0.4, 0.5) is 5.13 Å². The lowest BCUT2D eigenvalue weighted by Crippen LogP contribution is -2.47. The fourth-order valence-electron chi connectivity index (χ4n) is 5.37. The van der Waals surface area contributed by atoms with E-state index in [1.807, 2.05) is 72.8 Å². The minimum atomic E-state index is -3.91. The fourth-order valence-corrected chi connectivity index (χ4v) is 8.25. The number of rotatable bonds is 20. The molecule has 0 radical (unpaired) electrons. The lowest BCUT2D eigenvalue weighted by molar-refractivity contribution is -0.150. The predicted molar refractivity (Wildman–Crippen MR) is 204 cm³/mol. The highest BCUT2D eigenvalue weighted by atomic mass is 32.1. The van der Waals surface area contributed by atoms with Crippen LogP contribution in [0.5, 0.6) is 11.5 Å². The Morgan fingerprint density at radius 1 is 0.788 bits per heavy atom. The summed E-state index contributed by atoms with van der Waals surface area (Å²) in [6.07, 6.45) is -0.490. The van der Waals surface area contributed by atoms with E-state index < -0.39 is 43.7 Å². The van der Waals surface area contributed by atoms with Gasteiger partial charge in [-0.2, -0.15) is 0 Å². The van der Waals surface area contributed by atoms with E-state index in [0.29, 0.717) is 28.7 Å². The number of aromatic nitrogens is 1. The Morgan fingerprint density at radius 2 is 1.27 bits per heavy atom. The van der Waals surface area contributed by atoms with Crippen molar-refractivity contribution in [2.75, 3.05) is 32.9 Å². The Labute approximate surface area is 309 Å². The highest BCUT2D eigenvalue weighted by molar-refractivity contribution is 7.59. The first-order valence-corrected chi connectivity index (χ1v) is 19.8. The number of hydrogen-bond donors (Lipinski definition) is 3. The molecule has 2 atom stereocenters. The third-order valence-corrected chi connectivity index (χ3v) is 10.6. The molecular formula is C38H49N4O8PS. The van der Waals surface area contributed by atoms with E-state index in [-0.39, 0.29) is 25.8 Å². The van der Waals surface area contributed by atoms with Gasteiger partial charge in [-0.1, -0.05) is 72.0 Å². The molecular weight excluding hydrogens is 703 g/mol. The van der Waals surface area contributed by atoms with Gasteiger partial charge in [-0.3, -0.25) is 14.2 Å². The lowest BCUT2D eigenvalue weighted by Gasteiger charge is -2.29. The van der Waals surface area contributed by atoms with E-state index in [9.17, 15) is 9.59 Å². The third kappa shape index (κ3) is 12.5. The number of hydrogen-bond acceptors (Lipinski definition) is 11. The summed E-state index contributed by atoms with van der Waals surface area (Å²) < 4.78 is 43.2. The van der Waals surface area contributed by atoms with Gasteiger partial charge in [-0.05, 0) is 63.8 Å². The maximum atomic E-state index is 15.0. The average molecular weight is 753 g/mol. The molecule has 0 unspecified atom stereocenters. The van der Waals surface area contributed by atoms with E-state index in [2.05, 4.69) is 15.2 Å². The van der Waals surface area contributed by atoms with E-state index >= 15 is 4.57 Å². The molecule has 0 spiro atoms. The molecule has 4 N–H and O–H groups in total. The van der Waals surface area contributed by atoms with Crippen molar-refractivity contribution in [2.45, 2.75) is 71.2 Å². The predicted octanol–water partition coefficient (Wildman–Crippen LogP) is 6.42. The summed E-state index contributed by atoms with van der Waals surface area (Å²) in [5.41, 5.74) is 9.30. The van der Waals surface area contributed by atoms with Crippen molar-refractivity contribution >= 4 is 35.9 Å². The number of methoxy groups -OCH3 is 2. The van der Waals surface area contributed by atoms with Gasteiger partial charge in [0.2, 0.25) is 7.44 Å². The van der Waals surface area contributed by atoms with E-state index in [1.54, 1.807) is 48.0 Å². The number of nitrogens with zero attached hydrogens (tertiary/aromatic N) is 1. The van der Waals surface area contributed by atoms with E-state index in [1.165, 1.54) is 11.3 Å². The first-order valence-electron chi connectivity index (χ1n) is 17.1. The molecule has 280 valence electrons. The van der Waals surface area contributed by atoms with Crippen molar-refractivity contribution in [1.82, 2.24) is 15.2 Å². The summed E-state index contributed by atoms with van der Waals surface area (Å²) in [5.74, 6) is 0.0653. The standard InChI is InChI=1S/C38H49N4O8PS/c1-25(2)49-36(43)33(19-27-13-9-7-10-14-27)41-51(45,42-34(37(44)50-26(3)4)20-28-15-11-8-12-16-28)24-48-18-17-32-35(52-38(39)40-32)29-21-30(46-5)23-31(22-29)47-6/h7-16,21-23,25-26,33-34H,17-20,24H2,1-6H3,(H2,39,40)(H2,41,42,45)/t33-,34-/m0/s1. The maximum Gasteiger partial charge on any atom is 0.324 e.